The zero-order chi connectivity index (χ0) is 25.4. The molecule has 0 aliphatic carbocycles. The Bertz CT molecular complexity index is 1110. The minimum atomic E-state index is -0.546. The Morgan fingerprint density at radius 3 is 1.90 bits per heavy atom. The molecular formula is C26H49ClN12O. The summed E-state index contributed by atoms with van der Waals surface area (Å²) in [4.78, 5) is 36.7. The molecule has 2 aromatic rings. The predicted octanol–water partition coefficient (Wildman–Crippen LogP) is 1.90. The third kappa shape index (κ3) is 6.03. The third-order valence-electron chi connectivity index (χ3n) is 8.32. The lowest BCUT2D eigenvalue weighted by molar-refractivity contribution is -0.124. The molecule has 4 aliphatic rings. The monoisotopic (exact) mass is 580 g/mol. The third-order valence-corrected chi connectivity index (χ3v) is 8.32. The van der Waals surface area contributed by atoms with Crippen LogP contribution in [-0.4, -0.2) is 84.4 Å². The van der Waals surface area contributed by atoms with Crippen molar-refractivity contribution in [3.8, 4) is 0 Å². The van der Waals surface area contributed by atoms with E-state index in [9.17, 15) is 4.79 Å². The van der Waals surface area contributed by atoms with Crippen molar-refractivity contribution in [1.82, 2.24) is 32.6 Å². The van der Waals surface area contributed by atoms with Crippen molar-refractivity contribution in [3.05, 3.63) is 30.3 Å². The van der Waals surface area contributed by atoms with Gasteiger partial charge in [0.05, 0.1) is 6.67 Å². The SMILES string of the molecule is Cl.N.N.N[C@@H]1C[C@H](N)CN(c2nc(N3CCCCC3)nc(N3CCC4(CC3)C(=O)NCN4c3ccccc3)n2)C1.[HH].[HH]. The number of halogens is 1. The molecule has 0 radical (unpaired) electrons. The first-order chi connectivity index (χ1) is 18.0. The Labute approximate surface area is 245 Å². The molecule has 40 heavy (non-hydrogen) atoms. The zero-order valence-corrected chi connectivity index (χ0v) is 24.1. The molecule has 4 saturated heterocycles. The van der Waals surface area contributed by atoms with E-state index < -0.39 is 5.54 Å². The second-order valence-electron chi connectivity index (χ2n) is 10.9. The van der Waals surface area contributed by atoms with Crippen LogP contribution in [0, 0.1) is 0 Å². The first-order valence-electron chi connectivity index (χ1n) is 13.6. The van der Waals surface area contributed by atoms with E-state index >= 15 is 0 Å². The van der Waals surface area contributed by atoms with Crippen molar-refractivity contribution in [3.63, 3.8) is 0 Å². The number of hydrogen-bond donors (Lipinski definition) is 5. The van der Waals surface area contributed by atoms with Gasteiger partial charge < -0.3 is 48.7 Å². The normalized spacial score (nSPS) is 24.1. The fourth-order valence-corrected chi connectivity index (χ4v) is 6.31. The Morgan fingerprint density at radius 1 is 0.800 bits per heavy atom. The molecule has 5 heterocycles. The van der Waals surface area contributed by atoms with Crippen molar-refractivity contribution in [2.24, 2.45) is 11.5 Å². The summed E-state index contributed by atoms with van der Waals surface area (Å²) in [6.45, 7) is 5.21. The van der Waals surface area contributed by atoms with E-state index in [4.69, 9.17) is 26.4 Å². The van der Waals surface area contributed by atoms with Gasteiger partial charge in [0, 0.05) is 59.9 Å². The quantitative estimate of drug-likeness (QED) is 0.352. The van der Waals surface area contributed by atoms with Gasteiger partial charge in [-0.3, -0.25) is 4.79 Å². The molecule has 13 nitrogen and oxygen atoms in total. The smallest absolute Gasteiger partial charge is 0.247 e. The molecule has 11 N–H and O–H groups in total. The van der Waals surface area contributed by atoms with Crippen molar-refractivity contribution >= 4 is 41.8 Å². The minimum Gasteiger partial charge on any atom is -0.344 e. The Morgan fingerprint density at radius 2 is 1.32 bits per heavy atom. The number of nitrogens with one attached hydrogen (secondary N) is 1. The van der Waals surface area contributed by atoms with Gasteiger partial charge in [-0.25, -0.2) is 0 Å². The topological polar surface area (TPSA) is 203 Å². The van der Waals surface area contributed by atoms with Gasteiger partial charge in [0.15, 0.2) is 0 Å². The molecule has 6 rings (SSSR count). The maximum Gasteiger partial charge on any atom is 0.247 e. The lowest BCUT2D eigenvalue weighted by Gasteiger charge is -2.43. The number of carbonyl (C=O) groups excluding carboxylic acids is 1. The zero-order valence-electron chi connectivity index (χ0n) is 23.2. The molecule has 2 atom stereocenters. The summed E-state index contributed by atoms with van der Waals surface area (Å²) in [5, 5.41) is 3.09. The number of benzene rings is 1. The highest BCUT2D eigenvalue weighted by Gasteiger charge is 2.50. The molecule has 0 unspecified atom stereocenters. The van der Waals surface area contributed by atoms with E-state index in [0.29, 0.717) is 57.6 Å². The molecule has 226 valence electrons. The van der Waals surface area contributed by atoms with Crippen LogP contribution in [0.5, 0.6) is 0 Å². The minimum absolute atomic E-state index is 0. The number of nitrogens with two attached hydrogens (primary N) is 2. The Kier molecular flexibility index (Phi) is 10.4. The Hall–Kier alpha value is -2.97. The maximum atomic E-state index is 13.1. The lowest BCUT2D eigenvalue weighted by atomic mass is 9.85. The number of piperidine rings is 3. The standard InChI is InChI=1S/C26H38N10O.ClH.2H3N.2H2/c27-19-15-20(28)17-35(16-19)25-31-23(33-11-5-2-6-12-33)30-24(32-25)34-13-9-26(10-14-34)22(37)29-18-36(26)21-7-3-1-4-8-21;;;;;/h1,3-4,7-8,19-20H,2,5-6,9-18,27-28H2,(H,29,37);1H;2*1H3;2*1H/t19-,20+;;;;;. The van der Waals surface area contributed by atoms with Crippen LogP contribution in [-0.2, 0) is 4.79 Å². The summed E-state index contributed by atoms with van der Waals surface area (Å²) in [7, 11) is 0. The highest BCUT2D eigenvalue weighted by Crippen LogP contribution is 2.37. The number of rotatable bonds is 4. The first-order valence-corrected chi connectivity index (χ1v) is 13.6. The predicted molar refractivity (Wildman–Crippen MR) is 166 cm³/mol. The van der Waals surface area contributed by atoms with Gasteiger partial charge in [-0.1, -0.05) is 18.2 Å². The van der Waals surface area contributed by atoms with Gasteiger partial charge in [-0.05, 0) is 50.7 Å². The van der Waals surface area contributed by atoms with Gasteiger partial charge in [0.2, 0.25) is 23.8 Å². The van der Waals surface area contributed by atoms with Crippen LogP contribution in [0.15, 0.2) is 30.3 Å². The molecule has 1 aromatic carbocycles. The summed E-state index contributed by atoms with van der Waals surface area (Å²) in [5.41, 5.74) is 13.1. The van der Waals surface area contributed by atoms with Crippen LogP contribution in [0.1, 0.15) is 41.4 Å². The van der Waals surface area contributed by atoms with Gasteiger partial charge in [0.25, 0.3) is 0 Å². The summed E-state index contributed by atoms with van der Waals surface area (Å²) < 4.78 is 0. The molecule has 14 heteroatoms. The average molecular weight is 581 g/mol. The number of nitrogens with zero attached hydrogens (tertiary/aromatic N) is 7. The maximum absolute atomic E-state index is 13.1. The number of para-hydroxylation sites is 1. The number of amides is 1. The molecule has 1 amide bonds. The molecular weight excluding hydrogens is 532 g/mol. The van der Waals surface area contributed by atoms with E-state index in [1.165, 1.54) is 6.42 Å². The highest BCUT2D eigenvalue weighted by atomic mass is 35.5. The second-order valence-corrected chi connectivity index (χ2v) is 10.9. The van der Waals surface area contributed by atoms with Crippen molar-refractivity contribution in [1.29, 1.82) is 0 Å². The molecule has 0 bridgehead atoms. The molecule has 0 saturated carbocycles. The van der Waals surface area contributed by atoms with Gasteiger partial charge >= 0.3 is 0 Å². The van der Waals surface area contributed by atoms with Gasteiger partial charge in [0.1, 0.15) is 5.54 Å². The summed E-state index contributed by atoms with van der Waals surface area (Å²) in [5.74, 6) is 2.17. The van der Waals surface area contributed by atoms with Crippen LogP contribution in [0.4, 0.5) is 23.5 Å². The summed E-state index contributed by atoms with van der Waals surface area (Å²) in [6.07, 6.45) is 5.74. The van der Waals surface area contributed by atoms with Crippen molar-refractivity contribution in [2.75, 3.05) is 65.5 Å². The number of hydrogen-bond acceptors (Lipinski definition) is 12. The molecule has 4 aliphatic heterocycles. The fourth-order valence-electron chi connectivity index (χ4n) is 6.31. The van der Waals surface area contributed by atoms with Crippen LogP contribution in [0.3, 0.4) is 0 Å². The largest absolute Gasteiger partial charge is 0.344 e. The van der Waals surface area contributed by atoms with E-state index in [1.54, 1.807) is 0 Å². The number of anilines is 4. The van der Waals surface area contributed by atoms with E-state index in [0.717, 1.165) is 44.0 Å². The van der Waals surface area contributed by atoms with Crippen LogP contribution >= 0.6 is 12.4 Å². The highest BCUT2D eigenvalue weighted by molar-refractivity contribution is 5.93. The number of aromatic nitrogens is 3. The number of carbonyl (C=O) groups is 1. The Balaban J connectivity index is 0.00000176. The van der Waals surface area contributed by atoms with E-state index in [2.05, 4.69) is 37.0 Å². The van der Waals surface area contributed by atoms with Crippen LogP contribution in [0.2, 0.25) is 0 Å². The van der Waals surface area contributed by atoms with Crippen LogP contribution in [0.25, 0.3) is 0 Å². The second kappa shape index (κ2) is 13.1. The first kappa shape index (κ1) is 31.6. The van der Waals surface area contributed by atoms with Gasteiger partial charge in [-0.15, -0.1) is 12.4 Å². The van der Waals surface area contributed by atoms with E-state index in [-0.39, 0.29) is 45.6 Å². The fraction of sp³-hybridized carbons (Fsp3) is 0.615. The molecule has 1 spiro atoms. The summed E-state index contributed by atoms with van der Waals surface area (Å²) >= 11 is 0. The van der Waals surface area contributed by atoms with Crippen LogP contribution < -0.4 is 48.7 Å². The molecule has 4 fully saturated rings. The van der Waals surface area contributed by atoms with Crippen molar-refractivity contribution < 1.29 is 7.65 Å². The van der Waals surface area contributed by atoms with Crippen molar-refractivity contribution in [2.45, 2.75) is 56.1 Å². The molecule has 1 aromatic heterocycles. The average Bonchev–Trinajstić information content (AvgIpc) is 3.24. The summed E-state index contributed by atoms with van der Waals surface area (Å²) in [6, 6.07) is 10.2. The lowest BCUT2D eigenvalue weighted by Crippen LogP contribution is -2.57. The van der Waals surface area contributed by atoms with E-state index in [1.807, 2.05) is 18.2 Å². The van der Waals surface area contributed by atoms with Gasteiger partial charge in [-0.2, -0.15) is 15.0 Å².